The van der Waals surface area contributed by atoms with Crippen LogP contribution in [0.5, 0.6) is 0 Å². The summed E-state index contributed by atoms with van der Waals surface area (Å²) in [5, 5.41) is 7.51. The predicted octanol–water partition coefficient (Wildman–Crippen LogP) is 3.37. The van der Waals surface area contributed by atoms with Crippen LogP contribution in [-0.4, -0.2) is 10.1 Å². The minimum absolute atomic E-state index is 0.110. The van der Waals surface area contributed by atoms with Crippen molar-refractivity contribution in [1.29, 1.82) is 0 Å². The van der Waals surface area contributed by atoms with Gasteiger partial charge in [-0.15, -0.1) is 0 Å². The van der Waals surface area contributed by atoms with Gasteiger partial charge in [-0.25, -0.2) is 0 Å². The lowest BCUT2D eigenvalue weighted by atomic mass is 9.92. The normalized spacial score (nSPS) is 18.2. The molecule has 2 heterocycles. The first kappa shape index (κ1) is 12.2. The molecule has 0 spiro atoms. The number of anilines is 1. The molecule has 0 bridgehead atoms. The number of para-hydroxylation sites is 1. The summed E-state index contributed by atoms with van der Waals surface area (Å²) >= 11 is 0. The van der Waals surface area contributed by atoms with Gasteiger partial charge in [0.15, 0.2) is 5.82 Å². The van der Waals surface area contributed by atoms with E-state index in [1.165, 1.54) is 11.3 Å². The van der Waals surface area contributed by atoms with Crippen molar-refractivity contribution >= 4 is 5.69 Å². The number of hydrogen-bond acceptors (Lipinski definition) is 4. The molecular weight excluding hydrogens is 238 g/mol. The van der Waals surface area contributed by atoms with Gasteiger partial charge in [-0.1, -0.05) is 44.1 Å². The lowest BCUT2D eigenvalue weighted by Gasteiger charge is -2.14. The summed E-state index contributed by atoms with van der Waals surface area (Å²) < 4.78 is 5.40. The highest BCUT2D eigenvalue weighted by molar-refractivity contribution is 5.56. The van der Waals surface area contributed by atoms with E-state index in [0.29, 0.717) is 5.89 Å². The molecule has 4 nitrogen and oxygen atoms in total. The van der Waals surface area contributed by atoms with E-state index in [9.17, 15) is 0 Å². The van der Waals surface area contributed by atoms with Gasteiger partial charge in [0.05, 0.1) is 0 Å². The second-order valence-corrected chi connectivity index (χ2v) is 6.34. The van der Waals surface area contributed by atoms with Gasteiger partial charge >= 0.3 is 0 Å². The molecule has 3 rings (SSSR count). The first-order chi connectivity index (χ1) is 9.01. The van der Waals surface area contributed by atoms with Gasteiger partial charge in [-0.05, 0) is 17.0 Å². The van der Waals surface area contributed by atoms with Crippen LogP contribution in [0.3, 0.4) is 0 Å². The van der Waals surface area contributed by atoms with Crippen molar-refractivity contribution < 1.29 is 4.52 Å². The molecule has 100 valence electrons. The van der Waals surface area contributed by atoms with Gasteiger partial charge < -0.3 is 9.84 Å². The van der Waals surface area contributed by atoms with E-state index >= 15 is 0 Å². The minimum Gasteiger partial charge on any atom is -0.373 e. The molecule has 1 atom stereocenters. The average molecular weight is 257 g/mol. The molecule has 0 fully saturated rings. The maximum atomic E-state index is 5.40. The Balaban J connectivity index is 1.75. The van der Waals surface area contributed by atoms with Crippen molar-refractivity contribution in [3.05, 3.63) is 41.5 Å². The van der Waals surface area contributed by atoms with E-state index in [-0.39, 0.29) is 11.5 Å². The predicted molar refractivity (Wildman–Crippen MR) is 74.0 cm³/mol. The van der Waals surface area contributed by atoms with E-state index in [0.717, 1.165) is 18.7 Å². The zero-order valence-corrected chi connectivity index (χ0v) is 11.6. The number of nitrogens with zero attached hydrogens (tertiary/aromatic N) is 2. The zero-order valence-electron chi connectivity index (χ0n) is 11.6. The minimum atomic E-state index is 0.110. The van der Waals surface area contributed by atoms with E-state index in [1.807, 2.05) is 6.07 Å². The van der Waals surface area contributed by atoms with Crippen molar-refractivity contribution in [2.45, 2.75) is 39.7 Å². The molecule has 1 aromatic heterocycles. The van der Waals surface area contributed by atoms with Crippen LogP contribution in [0.15, 0.2) is 28.8 Å². The molecule has 2 aromatic rings. The third kappa shape index (κ3) is 2.62. The fraction of sp³-hybridized carbons (Fsp3) is 0.467. The van der Waals surface area contributed by atoms with E-state index in [2.05, 4.69) is 54.4 Å². The third-order valence-electron chi connectivity index (χ3n) is 3.24. The van der Waals surface area contributed by atoms with Gasteiger partial charge in [0.2, 0.25) is 5.89 Å². The van der Waals surface area contributed by atoms with Gasteiger partial charge in [0.1, 0.15) is 6.04 Å². The van der Waals surface area contributed by atoms with Gasteiger partial charge in [0.25, 0.3) is 0 Å². The highest BCUT2D eigenvalue weighted by Gasteiger charge is 2.27. The summed E-state index contributed by atoms with van der Waals surface area (Å²) in [7, 11) is 0. The Hall–Kier alpha value is -1.84. The van der Waals surface area contributed by atoms with Crippen molar-refractivity contribution in [3.63, 3.8) is 0 Å². The zero-order chi connectivity index (χ0) is 13.5. The largest absolute Gasteiger partial charge is 0.373 e. The number of rotatable bonds is 2. The van der Waals surface area contributed by atoms with E-state index < -0.39 is 0 Å². The topological polar surface area (TPSA) is 51.0 Å². The van der Waals surface area contributed by atoms with Crippen LogP contribution in [0.4, 0.5) is 5.69 Å². The molecule has 0 saturated carbocycles. The summed E-state index contributed by atoms with van der Waals surface area (Å²) in [4.78, 5) is 4.52. The Kier molecular flexibility index (Phi) is 2.81. The van der Waals surface area contributed by atoms with Crippen LogP contribution in [0, 0.1) is 5.41 Å². The van der Waals surface area contributed by atoms with Crippen LogP contribution in [0.2, 0.25) is 0 Å². The molecule has 4 heteroatoms. The Morgan fingerprint density at radius 2 is 2.11 bits per heavy atom. The first-order valence-electron chi connectivity index (χ1n) is 6.68. The molecule has 1 N–H and O–H groups in total. The second-order valence-electron chi connectivity index (χ2n) is 6.34. The molecular formula is C15H19N3O. The van der Waals surface area contributed by atoms with Crippen LogP contribution < -0.4 is 5.32 Å². The van der Waals surface area contributed by atoms with E-state index in [1.54, 1.807) is 0 Å². The van der Waals surface area contributed by atoms with Crippen LogP contribution in [-0.2, 0) is 12.8 Å². The number of benzene rings is 1. The highest BCUT2D eigenvalue weighted by atomic mass is 16.5. The lowest BCUT2D eigenvalue weighted by molar-refractivity contribution is 0.346. The number of hydrogen-bond donors (Lipinski definition) is 1. The molecule has 0 aliphatic carbocycles. The van der Waals surface area contributed by atoms with Crippen LogP contribution in [0.1, 0.15) is 44.1 Å². The van der Waals surface area contributed by atoms with Crippen molar-refractivity contribution in [2.24, 2.45) is 5.41 Å². The number of fused-ring (bicyclic) bond motifs is 1. The molecule has 1 aliphatic heterocycles. The molecule has 0 unspecified atom stereocenters. The van der Waals surface area contributed by atoms with Gasteiger partial charge in [-0.2, -0.15) is 4.98 Å². The Labute approximate surface area is 113 Å². The Bertz CT molecular complexity index is 558. The van der Waals surface area contributed by atoms with E-state index in [4.69, 9.17) is 4.52 Å². The summed E-state index contributed by atoms with van der Waals surface area (Å²) in [6, 6.07) is 8.42. The summed E-state index contributed by atoms with van der Waals surface area (Å²) in [5.74, 6) is 1.48. The maximum Gasteiger partial charge on any atom is 0.249 e. The SMILES string of the molecule is CC(C)(C)Cc1noc([C@@H]2Cc3ccccc3N2)n1. The average Bonchev–Trinajstić information content (AvgIpc) is 2.91. The number of nitrogens with one attached hydrogen (secondary N) is 1. The number of aromatic nitrogens is 2. The van der Waals surface area contributed by atoms with Gasteiger partial charge in [-0.3, -0.25) is 0 Å². The molecule has 0 amide bonds. The van der Waals surface area contributed by atoms with Crippen molar-refractivity contribution in [3.8, 4) is 0 Å². The maximum absolute atomic E-state index is 5.40. The first-order valence-corrected chi connectivity index (χ1v) is 6.68. The molecule has 0 saturated heterocycles. The quantitative estimate of drug-likeness (QED) is 0.896. The van der Waals surface area contributed by atoms with Crippen LogP contribution >= 0.6 is 0 Å². The third-order valence-corrected chi connectivity index (χ3v) is 3.24. The highest BCUT2D eigenvalue weighted by Crippen LogP contribution is 2.33. The summed E-state index contributed by atoms with van der Waals surface area (Å²) in [6.45, 7) is 6.52. The van der Waals surface area contributed by atoms with Gasteiger partial charge in [0, 0.05) is 18.5 Å². The summed E-state index contributed by atoms with van der Waals surface area (Å²) in [5.41, 5.74) is 2.65. The van der Waals surface area contributed by atoms with Crippen molar-refractivity contribution in [1.82, 2.24) is 10.1 Å². The summed E-state index contributed by atoms with van der Waals surface area (Å²) in [6.07, 6.45) is 1.74. The smallest absolute Gasteiger partial charge is 0.249 e. The van der Waals surface area contributed by atoms with Crippen molar-refractivity contribution in [2.75, 3.05) is 5.32 Å². The fourth-order valence-corrected chi connectivity index (χ4v) is 2.40. The molecule has 1 aliphatic rings. The molecule has 19 heavy (non-hydrogen) atoms. The molecule has 0 radical (unpaired) electrons. The Morgan fingerprint density at radius 3 is 2.84 bits per heavy atom. The lowest BCUT2D eigenvalue weighted by Crippen LogP contribution is -2.11. The second kappa shape index (κ2) is 4.37. The molecule has 1 aromatic carbocycles. The van der Waals surface area contributed by atoms with Crippen LogP contribution in [0.25, 0.3) is 0 Å². The standard InChI is InChI=1S/C15H19N3O/c1-15(2,3)9-13-17-14(19-18-13)12-8-10-6-4-5-7-11(10)16-12/h4-7,12,16H,8-9H2,1-3H3/t12-/m0/s1. The fourth-order valence-electron chi connectivity index (χ4n) is 2.40. The Morgan fingerprint density at radius 1 is 1.32 bits per heavy atom. The monoisotopic (exact) mass is 257 g/mol.